The molecule has 0 aliphatic heterocycles. The fraction of sp³-hybridized carbons (Fsp3) is 0.222. The zero-order valence-electron chi connectivity index (χ0n) is 14.4. The molecule has 0 bridgehead atoms. The zero-order valence-corrected chi connectivity index (χ0v) is 15.2. The molecule has 8 heteroatoms. The Hall–Kier alpha value is -2.77. The SMILES string of the molecule is CC(C)c1cc(C(N)N(C(=N)C(N)=O)c2ccccc2Cl)c(O)cc1O. The molecule has 0 heterocycles. The molecule has 0 fully saturated rings. The number of halogens is 1. The van der Waals surface area contributed by atoms with Gasteiger partial charge in [-0.3, -0.25) is 10.2 Å². The lowest BCUT2D eigenvalue weighted by Gasteiger charge is -2.31. The van der Waals surface area contributed by atoms with Crippen molar-refractivity contribution in [1.82, 2.24) is 0 Å². The molecule has 2 aromatic carbocycles. The van der Waals surface area contributed by atoms with Crippen LogP contribution in [0.5, 0.6) is 11.5 Å². The topological polar surface area (TPSA) is 137 Å². The highest BCUT2D eigenvalue weighted by Crippen LogP contribution is 2.38. The first kappa shape index (κ1) is 19.6. The Labute approximate surface area is 156 Å². The molecule has 1 amide bonds. The average molecular weight is 377 g/mol. The standard InChI is InChI=1S/C18H21ClN4O3/c1-9(2)10-7-11(15(25)8-14(10)24)16(20)23(17(21)18(22)26)13-6-4-3-5-12(13)19/h3-9,16,21,24-25H,20H2,1-2H3,(H2,22,26). The van der Waals surface area contributed by atoms with Crippen molar-refractivity contribution in [3.05, 3.63) is 52.5 Å². The van der Waals surface area contributed by atoms with Gasteiger partial charge in [0.25, 0.3) is 5.91 Å². The van der Waals surface area contributed by atoms with E-state index in [2.05, 4.69) is 0 Å². The molecule has 2 rings (SSSR count). The quantitative estimate of drug-likeness (QED) is 0.317. The third-order valence-corrected chi connectivity index (χ3v) is 4.30. The van der Waals surface area contributed by atoms with E-state index in [-0.39, 0.29) is 28.0 Å². The van der Waals surface area contributed by atoms with Gasteiger partial charge in [-0.2, -0.15) is 0 Å². The van der Waals surface area contributed by atoms with Crippen molar-refractivity contribution in [1.29, 1.82) is 5.41 Å². The molecule has 0 aliphatic rings. The average Bonchev–Trinajstić information content (AvgIpc) is 2.56. The van der Waals surface area contributed by atoms with Gasteiger partial charge in [-0.1, -0.05) is 37.6 Å². The summed E-state index contributed by atoms with van der Waals surface area (Å²) in [6.45, 7) is 3.75. The second-order valence-electron chi connectivity index (χ2n) is 6.10. The Morgan fingerprint density at radius 3 is 2.27 bits per heavy atom. The molecule has 1 unspecified atom stereocenters. The number of phenols is 2. The van der Waals surface area contributed by atoms with Gasteiger partial charge in [0.2, 0.25) is 0 Å². The third kappa shape index (κ3) is 3.74. The van der Waals surface area contributed by atoms with Gasteiger partial charge in [-0.05, 0) is 29.7 Å². The van der Waals surface area contributed by atoms with Crippen LogP contribution in [-0.4, -0.2) is 22.0 Å². The van der Waals surface area contributed by atoms with Gasteiger partial charge >= 0.3 is 0 Å². The van der Waals surface area contributed by atoms with Crippen LogP contribution in [0.1, 0.15) is 37.1 Å². The number of carbonyl (C=O) groups excluding carboxylic acids is 1. The van der Waals surface area contributed by atoms with Crippen LogP contribution in [0.25, 0.3) is 0 Å². The van der Waals surface area contributed by atoms with Crippen molar-refractivity contribution in [3.63, 3.8) is 0 Å². The fourth-order valence-corrected chi connectivity index (χ4v) is 2.85. The Balaban J connectivity index is 2.63. The normalized spacial score (nSPS) is 12.0. The number of anilines is 1. The number of amidine groups is 1. The maximum Gasteiger partial charge on any atom is 0.284 e. The van der Waals surface area contributed by atoms with Crippen LogP contribution in [0.15, 0.2) is 36.4 Å². The molecular formula is C18H21ClN4O3. The minimum atomic E-state index is -1.13. The fourth-order valence-electron chi connectivity index (χ4n) is 2.63. The molecule has 0 saturated carbocycles. The van der Waals surface area contributed by atoms with Gasteiger partial charge in [-0.25, -0.2) is 0 Å². The molecule has 0 spiro atoms. The maximum absolute atomic E-state index is 11.6. The summed E-state index contributed by atoms with van der Waals surface area (Å²) >= 11 is 6.20. The van der Waals surface area contributed by atoms with Crippen molar-refractivity contribution in [2.45, 2.75) is 25.9 Å². The highest BCUT2D eigenvalue weighted by atomic mass is 35.5. The summed E-state index contributed by atoms with van der Waals surface area (Å²) in [4.78, 5) is 12.8. The van der Waals surface area contributed by atoms with Crippen LogP contribution in [0.4, 0.5) is 5.69 Å². The number of aromatic hydroxyl groups is 2. The number of carbonyl (C=O) groups is 1. The van der Waals surface area contributed by atoms with Crippen molar-refractivity contribution in [2.75, 3.05) is 4.90 Å². The van der Waals surface area contributed by atoms with Crippen LogP contribution in [0, 0.1) is 5.41 Å². The second kappa shape index (κ2) is 7.63. The van der Waals surface area contributed by atoms with Crippen LogP contribution in [-0.2, 0) is 4.79 Å². The zero-order chi connectivity index (χ0) is 19.6. The van der Waals surface area contributed by atoms with Crippen molar-refractivity contribution in [3.8, 4) is 11.5 Å². The first-order valence-corrected chi connectivity index (χ1v) is 8.26. The minimum Gasteiger partial charge on any atom is -0.508 e. The van der Waals surface area contributed by atoms with Gasteiger partial charge in [0.15, 0.2) is 5.84 Å². The highest BCUT2D eigenvalue weighted by molar-refractivity contribution is 6.43. The van der Waals surface area contributed by atoms with Gasteiger partial charge in [0.05, 0.1) is 10.7 Å². The summed E-state index contributed by atoms with van der Waals surface area (Å²) < 4.78 is 0. The van der Waals surface area contributed by atoms with Gasteiger partial charge in [0, 0.05) is 11.6 Å². The third-order valence-electron chi connectivity index (χ3n) is 3.98. The number of nitrogens with one attached hydrogen (secondary N) is 1. The van der Waals surface area contributed by atoms with E-state index >= 15 is 0 Å². The van der Waals surface area contributed by atoms with E-state index in [9.17, 15) is 15.0 Å². The van der Waals surface area contributed by atoms with Crippen LogP contribution in [0.2, 0.25) is 5.02 Å². The lowest BCUT2D eigenvalue weighted by atomic mass is 9.97. The van der Waals surface area contributed by atoms with Crippen LogP contribution >= 0.6 is 11.6 Å². The number of benzene rings is 2. The predicted octanol–water partition coefficient (Wildman–Crippen LogP) is 2.80. The minimum absolute atomic E-state index is 0.0362. The number of rotatable bonds is 4. The summed E-state index contributed by atoms with van der Waals surface area (Å²) in [6, 6.07) is 9.26. The summed E-state index contributed by atoms with van der Waals surface area (Å²) in [7, 11) is 0. The second-order valence-corrected chi connectivity index (χ2v) is 6.51. The van der Waals surface area contributed by atoms with Crippen molar-refractivity contribution in [2.24, 2.45) is 11.5 Å². The summed E-state index contributed by atoms with van der Waals surface area (Å²) in [6.07, 6.45) is -1.13. The van der Waals surface area contributed by atoms with Crippen LogP contribution in [0.3, 0.4) is 0 Å². The van der Waals surface area contributed by atoms with E-state index in [0.29, 0.717) is 11.3 Å². The number of amides is 1. The first-order chi connectivity index (χ1) is 12.1. The molecule has 1 atom stereocenters. The summed E-state index contributed by atoms with van der Waals surface area (Å²) in [5.74, 6) is -1.95. The van der Waals surface area contributed by atoms with E-state index in [0.717, 1.165) is 4.90 Å². The Morgan fingerprint density at radius 2 is 1.73 bits per heavy atom. The number of para-hydroxylation sites is 1. The predicted molar refractivity (Wildman–Crippen MR) is 102 cm³/mol. The first-order valence-electron chi connectivity index (χ1n) is 7.88. The molecule has 0 saturated heterocycles. The van der Waals surface area contributed by atoms with E-state index in [4.69, 9.17) is 28.5 Å². The van der Waals surface area contributed by atoms with E-state index in [1.54, 1.807) is 24.3 Å². The van der Waals surface area contributed by atoms with Gasteiger partial charge < -0.3 is 26.6 Å². The maximum atomic E-state index is 11.6. The van der Waals surface area contributed by atoms with E-state index in [1.807, 2.05) is 13.8 Å². The van der Waals surface area contributed by atoms with Crippen LogP contribution < -0.4 is 16.4 Å². The Bertz CT molecular complexity index is 854. The molecule has 7 N–H and O–H groups in total. The number of nitrogens with zero attached hydrogens (tertiary/aromatic N) is 1. The molecule has 138 valence electrons. The number of primary amides is 1. The molecule has 0 aliphatic carbocycles. The van der Waals surface area contributed by atoms with Gasteiger partial charge in [0.1, 0.15) is 17.7 Å². The lowest BCUT2D eigenvalue weighted by Crippen LogP contribution is -2.45. The van der Waals surface area contributed by atoms with Crippen molar-refractivity contribution < 1.29 is 15.0 Å². The molecule has 0 radical (unpaired) electrons. The number of nitrogens with two attached hydrogens (primary N) is 2. The molecule has 2 aromatic rings. The monoisotopic (exact) mass is 376 g/mol. The Morgan fingerprint density at radius 1 is 1.15 bits per heavy atom. The molecular weight excluding hydrogens is 356 g/mol. The molecule has 26 heavy (non-hydrogen) atoms. The van der Waals surface area contributed by atoms with Gasteiger partial charge in [-0.15, -0.1) is 0 Å². The largest absolute Gasteiger partial charge is 0.508 e. The summed E-state index contributed by atoms with van der Waals surface area (Å²) in [5.41, 5.74) is 12.6. The highest BCUT2D eigenvalue weighted by Gasteiger charge is 2.28. The Kier molecular flexibility index (Phi) is 5.74. The number of hydrogen-bond donors (Lipinski definition) is 5. The smallest absolute Gasteiger partial charge is 0.284 e. The molecule has 7 nitrogen and oxygen atoms in total. The van der Waals surface area contributed by atoms with E-state index in [1.165, 1.54) is 12.1 Å². The molecule has 0 aromatic heterocycles. The lowest BCUT2D eigenvalue weighted by molar-refractivity contribution is -0.112. The van der Waals surface area contributed by atoms with E-state index < -0.39 is 17.9 Å². The number of phenolic OH excluding ortho intramolecular Hbond substituents is 2. The summed E-state index contributed by atoms with van der Waals surface area (Å²) in [5, 5.41) is 28.6. The van der Waals surface area contributed by atoms with Crippen molar-refractivity contribution >= 4 is 29.0 Å². The number of hydrogen-bond acceptors (Lipinski definition) is 5.